The molecule has 0 fully saturated rings. The fourth-order valence-electron chi connectivity index (χ4n) is 1.77. The number of anilines is 1. The maximum atomic E-state index is 12.6. The molecular weight excluding hydrogens is 283 g/mol. The number of rotatable bonds is 5. The van der Waals surface area contributed by atoms with Gasteiger partial charge in [0, 0.05) is 18.5 Å². The van der Waals surface area contributed by atoms with Crippen LogP contribution in [-0.2, 0) is 12.6 Å². The van der Waals surface area contributed by atoms with Crippen LogP contribution in [0.4, 0.5) is 19.0 Å². The van der Waals surface area contributed by atoms with Crippen molar-refractivity contribution in [3.05, 3.63) is 47.8 Å². The molecule has 2 rings (SSSR count). The van der Waals surface area contributed by atoms with Crippen molar-refractivity contribution in [1.29, 1.82) is 0 Å². The zero-order valence-electron chi connectivity index (χ0n) is 11.1. The molecule has 2 aromatic heterocycles. The second kappa shape index (κ2) is 6.43. The van der Waals surface area contributed by atoms with E-state index in [4.69, 9.17) is 10.5 Å². The Kier molecular flexibility index (Phi) is 4.62. The van der Waals surface area contributed by atoms with Crippen molar-refractivity contribution in [3.8, 4) is 5.88 Å². The molecule has 7 heteroatoms. The summed E-state index contributed by atoms with van der Waals surface area (Å²) in [6.45, 7) is 0.260. The average Bonchev–Trinajstić information content (AvgIpc) is 2.43. The molecule has 4 nitrogen and oxygen atoms in total. The molecule has 0 radical (unpaired) electrons. The van der Waals surface area contributed by atoms with Crippen molar-refractivity contribution in [2.75, 3.05) is 12.3 Å². The molecule has 0 saturated heterocycles. The number of nitrogens with zero attached hydrogens (tertiary/aromatic N) is 2. The third kappa shape index (κ3) is 4.62. The second-order valence-corrected chi connectivity index (χ2v) is 4.42. The zero-order valence-corrected chi connectivity index (χ0v) is 11.1. The molecule has 0 amide bonds. The molecule has 0 aliphatic rings. The quantitative estimate of drug-likeness (QED) is 0.861. The molecule has 0 saturated carbocycles. The maximum absolute atomic E-state index is 12.6. The molecule has 0 bridgehead atoms. The monoisotopic (exact) mass is 297 g/mol. The van der Waals surface area contributed by atoms with Gasteiger partial charge in [-0.05, 0) is 36.6 Å². The van der Waals surface area contributed by atoms with Crippen LogP contribution < -0.4 is 10.5 Å². The maximum Gasteiger partial charge on any atom is 0.416 e. The highest BCUT2D eigenvalue weighted by molar-refractivity contribution is 5.38. The molecule has 2 heterocycles. The molecule has 0 aromatic carbocycles. The molecular formula is C14H14F3N3O. The van der Waals surface area contributed by atoms with Gasteiger partial charge >= 0.3 is 6.18 Å². The summed E-state index contributed by atoms with van der Waals surface area (Å²) < 4.78 is 43.1. The van der Waals surface area contributed by atoms with E-state index in [9.17, 15) is 13.2 Å². The Balaban J connectivity index is 1.90. The van der Waals surface area contributed by atoms with Gasteiger partial charge < -0.3 is 10.5 Å². The summed E-state index contributed by atoms with van der Waals surface area (Å²) in [7, 11) is 0. The number of aromatic nitrogens is 2. The van der Waals surface area contributed by atoms with E-state index < -0.39 is 11.7 Å². The molecule has 0 aliphatic heterocycles. The van der Waals surface area contributed by atoms with E-state index in [0.29, 0.717) is 6.42 Å². The summed E-state index contributed by atoms with van der Waals surface area (Å²) in [4.78, 5) is 7.64. The van der Waals surface area contributed by atoms with Gasteiger partial charge in [0.1, 0.15) is 5.82 Å². The first-order chi connectivity index (χ1) is 9.95. The number of nitrogens with two attached hydrogens (primary N) is 1. The Morgan fingerprint density at radius 3 is 2.52 bits per heavy atom. The largest absolute Gasteiger partial charge is 0.478 e. The van der Waals surface area contributed by atoms with Crippen LogP contribution in [0.25, 0.3) is 0 Å². The molecule has 21 heavy (non-hydrogen) atoms. The van der Waals surface area contributed by atoms with E-state index in [1.54, 1.807) is 12.4 Å². The first-order valence-electron chi connectivity index (χ1n) is 6.31. The first kappa shape index (κ1) is 15.1. The Morgan fingerprint density at radius 2 is 1.86 bits per heavy atom. The first-order valence-corrected chi connectivity index (χ1v) is 6.31. The highest BCUT2D eigenvalue weighted by atomic mass is 19.4. The van der Waals surface area contributed by atoms with Gasteiger partial charge in [-0.3, -0.25) is 4.98 Å². The summed E-state index contributed by atoms with van der Waals surface area (Å²) in [5, 5.41) is 0. The molecule has 0 aliphatic carbocycles. The highest BCUT2D eigenvalue weighted by Crippen LogP contribution is 2.31. The van der Waals surface area contributed by atoms with Crippen molar-refractivity contribution < 1.29 is 17.9 Å². The minimum atomic E-state index is -4.47. The van der Waals surface area contributed by atoms with Crippen molar-refractivity contribution >= 4 is 5.82 Å². The predicted octanol–water partition coefficient (Wildman–Crippen LogP) is 3.09. The van der Waals surface area contributed by atoms with Crippen LogP contribution in [0.2, 0.25) is 0 Å². The SMILES string of the molecule is Nc1cc(C(F)(F)F)cc(OCCCc2ccncc2)n1. The van der Waals surface area contributed by atoms with E-state index in [2.05, 4.69) is 9.97 Å². The Labute approximate surface area is 119 Å². The summed E-state index contributed by atoms with van der Waals surface area (Å²) in [5.41, 5.74) is 5.58. The lowest BCUT2D eigenvalue weighted by molar-refractivity contribution is -0.137. The third-order valence-corrected chi connectivity index (χ3v) is 2.76. The van der Waals surface area contributed by atoms with Crippen LogP contribution in [0.1, 0.15) is 17.5 Å². The lowest BCUT2D eigenvalue weighted by Gasteiger charge is -2.10. The van der Waals surface area contributed by atoms with E-state index in [1.165, 1.54) is 0 Å². The normalized spacial score (nSPS) is 11.4. The van der Waals surface area contributed by atoms with Gasteiger partial charge in [0.2, 0.25) is 5.88 Å². The number of halogens is 3. The second-order valence-electron chi connectivity index (χ2n) is 4.42. The minimum absolute atomic E-state index is 0.114. The molecule has 2 N–H and O–H groups in total. The van der Waals surface area contributed by atoms with Gasteiger partial charge in [0.05, 0.1) is 12.2 Å². The van der Waals surface area contributed by atoms with Gasteiger partial charge in [0.25, 0.3) is 0 Å². The summed E-state index contributed by atoms with van der Waals surface area (Å²) in [6.07, 6.45) is 0.307. The third-order valence-electron chi connectivity index (χ3n) is 2.76. The predicted molar refractivity (Wildman–Crippen MR) is 71.7 cm³/mol. The number of hydrogen-bond donors (Lipinski definition) is 1. The number of ether oxygens (including phenoxy) is 1. The lowest BCUT2D eigenvalue weighted by Crippen LogP contribution is -2.09. The number of nitrogen functional groups attached to an aromatic ring is 1. The van der Waals surface area contributed by atoms with Crippen LogP contribution in [0.15, 0.2) is 36.7 Å². The topological polar surface area (TPSA) is 61.0 Å². The fourth-order valence-corrected chi connectivity index (χ4v) is 1.77. The standard InChI is InChI=1S/C14H14F3N3O/c15-14(16,17)11-8-12(18)20-13(9-11)21-7-1-2-10-3-5-19-6-4-10/h3-6,8-9H,1-2,7H2,(H2,18,20). The highest BCUT2D eigenvalue weighted by Gasteiger charge is 2.31. The van der Waals surface area contributed by atoms with E-state index in [0.717, 1.165) is 24.1 Å². The number of alkyl halides is 3. The van der Waals surface area contributed by atoms with Crippen LogP contribution in [0, 0.1) is 0 Å². The van der Waals surface area contributed by atoms with Crippen LogP contribution in [0.5, 0.6) is 5.88 Å². The van der Waals surface area contributed by atoms with Crippen molar-refractivity contribution in [1.82, 2.24) is 9.97 Å². The van der Waals surface area contributed by atoms with Crippen LogP contribution >= 0.6 is 0 Å². The summed E-state index contributed by atoms with van der Waals surface area (Å²) in [6, 6.07) is 5.38. The molecule has 0 atom stereocenters. The lowest BCUT2D eigenvalue weighted by atomic mass is 10.1. The Bertz CT molecular complexity index is 588. The molecule has 112 valence electrons. The van der Waals surface area contributed by atoms with E-state index in [-0.39, 0.29) is 18.3 Å². The number of aryl methyl sites for hydroxylation is 1. The van der Waals surface area contributed by atoms with E-state index >= 15 is 0 Å². The molecule has 0 unspecified atom stereocenters. The van der Waals surface area contributed by atoms with Crippen LogP contribution in [-0.4, -0.2) is 16.6 Å². The Hall–Kier alpha value is -2.31. The van der Waals surface area contributed by atoms with Crippen molar-refractivity contribution in [2.24, 2.45) is 0 Å². The zero-order chi connectivity index (χ0) is 15.3. The fraction of sp³-hybridized carbons (Fsp3) is 0.286. The molecule has 0 spiro atoms. The van der Waals surface area contributed by atoms with Gasteiger partial charge in [-0.1, -0.05) is 0 Å². The summed E-state index contributed by atoms with van der Waals surface area (Å²) in [5.74, 6) is -0.328. The number of pyridine rings is 2. The summed E-state index contributed by atoms with van der Waals surface area (Å²) >= 11 is 0. The average molecular weight is 297 g/mol. The van der Waals surface area contributed by atoms with Gasteiger partial charge in [-0.15, -0.1) is 0 Å². The molecule has 2 aromatic rings. The minimum Gasteiger partial charge on any atom is -0.478 e. The van der Waals surface area contributed by atoms with Gasteiger partial charge in [0.15, 0.2) is 0 Å². The smallest absolute Gasteiger partial charge is 0.416 e. The Morgan fingerprint density at radius 1 is 1.14 bits per heavy atom. The van der Waals surface area contributed by atoms with Gasteiger partial charge in [-0.2, -0.15) is 18.2 Å². The number of hydrogen-bond acceptors (Lipinski definition) is 4. The van der Waals surface area contributed by atoms with E-state index in [1.807, 2.05) is 12.1 Å². The van der Waals surface area contributed by atoms with Crippen molar-refractivity contribution in [3.63, 3.8) is 0 Å². The van der Waals surface area contributed by atoms with Crippen molar-refractivity contribution in [2.45, 2.75) is 19.0 Å². The van der Waals surface area contributed by atoms with Crippen LogP contribution in [0.3, 0.4) is 0 Å². The van der Waals surface area contributed by atoms with Gasteiger partial charge in [-0.25, -0.2) is 0 Å².